The van der Waals surface area contributed by atoms with Gasteiger partial charge in [0.2, 0.25) is 5.90 Å². The topological polar surface area (TPSA) is 65.0 Å². The molecule has 0 aromatic rings. The van der Waals surface area contributed by atoms with E-state index in [1.54, 1.807) is 0 Å². The quantitative estimate of drug-likeness (QED) is 0.696. The Morgan fingerprint density at radius 3 is 3.04 bits per heavy atom. The Bertz CT molecular complexity index is 680. The van der Waals surface area contributed by atoms with Crippen LogP contribution < -0.4 is 0 Å². The Labute approximate surface area is 133 Å². The molecule has 23 heavy (non-hydrogen) atoms. The monoisotopic (exact) mass is 319 g/mol. The van der Waals surface area contributed by atoms with Crippen molar-refractivity contribution in [2.75, 3.05) is 7.11 Å². The number of carbonyl (C=O) groups excluding carboxylic acids is 2. The molecule has 4 rings (SSSR count). The Kier molecular flexibility index (Phi) is 3.18. The van der Waals surface area contributed by atoms with Crippen LogP contribution in [0.1, 0.15) is 32.1 Å². The highest BCUT2D eigenvalue weighted by atomic mass is 19.1. The first-order chi connectivity index (χ1) is 11.1. The lowest BCUT2D eigenvalue weighted by atomic mass is 9.61. The molecule has 1 saturated carbocycles. The molecule has 0 N–H and O–H groups in total. The van der Waals surface area contributed by atoms with Crippen LogP contribution in [-0.4, -0.2) is 37.2 Å². The standard InChI is InChI=1S/C17H18FNO4/c1-22-15-6-13(18)17-7-9(8-20)2-3-14(17)23-12-5-10(21)4-11(19-15)16(12)17/h6,8-9,11,14H,2-5,7H2,1H3. The summed E-state index contributed by atoms with van der Waals surface area (Å²) in [5.74, 6) is 0.216. The van der Waals surface area contributed by atoms with E-state index >= 15 is 4.39 Å². The fourth-order valence-electron chi connectivity index (χ4n) is 4.52. The van der Waals surface area contributed by atoms with Gasteiger partial charge in [0.1, 0.15) is 29.8 Å². The number of ketones is 1. The van der Waals surface area contributed by atoms with E-state index in [9.17, 15) is 9.59 Å². The zero-order valence-electron chi connectivity index (χ0n) is 12.9. The average molecular weight is 319 g/mol. The Morgan fingerprint density at radius 1 is 1.48 bits per heavy atom. The van der Waals surface area contributed by atoms with Crippen LogP contribution in [-0.2, 0) is 19.1 Å². The highest BCUT2D eigenvalue weighted by Crippen LogP contribution is 2.60. The predicted octanol–water partition coefficient (Wildman–Crippen LogP) is 2.27. The number of rotatable bonds is 1. The van der Waals surface area contributed by atoms with Gasteiger partial charge in [-0.1, -0.05) is 0 Å². The van der Waals surface area contributed by atoms with Gasteiger partial charge in [-0.3, -0.25) is 4.79 Å². The van der Waals surface area contributed by atoms with Crippen LogP contribution in [0.25, 0.3) is 0 Å². The van der Waals surface area contributed by atoms with Crippen LogP contribution in [0.2, 0.25) is 0 Å². The molecule has 0 aromatic carbocycles. The summed E-state index contributed by atoms with van der Waals surface area (Å²) in [6.07, 6.45) is 3.92. The van der Waals surface area contributed by atoms with Gasteiger partial charge in [-0.25, -0.2) is 9.38 Å². The van der Waals surface area contributed by atoms with E-state index < -0.39 is 11.5 Å². The fraction of sp³-hybridized carbons (Fsp3) is 0.588. The van der Waals surface area contributed by atoms with E-state index in [2.05, 4.69) is 4.99 Å². The molecule has 0 amide bonds. The zero-order valence-corrected chi connectivity index (χ0v) is 12.9. The summed E-state index contributed by atoms with van der Waals surface area (Å²) in [5.41, 5.74) is -0.205. The highest BCUT2D eigenvalue weighted by molar-refractivity contribution is 5.91. The summed E-state index contributed by atoms with van der Waals surface area (Å²) in [7, 11) is 1.43. The molecule has 0 saturated heterocycles. The number of allylic oxidation sites excluding steroid dienone is 1. The number of methoxy groups -OCH3 is 1. The minimum absolute atomic E-state index is 0.0380. The average Bonchev–Trinajstić information content (AvgIpc) is 2.81. The summed E-state index contributed by atoms with van der Waals surface area (Å²) in [5, 5.41) is 0. The summed E-state index contributed by atoms with van der Waals surface area (Å²) >= 11 is 0. The number of aliphatic imine (C=N–C) groups is 1. The largest absolute Gasteiger partial charge is 0.493 e. The second-order valence-corrected chi connectivity index (χ2v) is 6.69. The number of Topliss-reactive ketones (excluding diaryl/α,β-unsaturated/α-hetero) is 1. The zero-order chi connectivity index (χ0) is 16.2. The predicted molar refractivity (Wildman–Crippen MR) is 79.4 cm³/mol. The van der Waals surface area contributed by atoms with Gasteiger partial charge in [0, 0.05) is 24.0 Å². The Balaban J connectivity index is 1.91. The maximum atomic E-state index is 15.3. The van der Waals surface area contributed by atoms with Gasteiger partial charge in [-0.15, -0.1) is 0 Å². The molecule has 0 radical (unpaired) electrons. The van der Waals surface area contributed by atoms with Crippen LogP contribution in [0.15, 0.2) is 28.2 Å². The van der Waals surface area contributed by atoms with Gasteiger partial charge in [0.15, 0.2) is 0 Å². The lowest BCUT2D eigenvalue weighted by Crippen LogP contribution is -2.43. The summed E-state index contributed by atoms with van der Waals surface area (Å²) < 4.78 is 26.4. The van der Waals surface area contributed by atoms with Crippen molar-refractivity contribution in [2.45, 2.75) is 44.2 Å². The molecule has 2 aliphatic heterocycles. The van der Waals surface area contributed by atoms with Crippen molar-refractivity contribution in [2.24, 2.45) is 16.3 Å². The van der Waals surface area contributed by atoms with Crippen molar-refractivity contribution in [3.05, 3.63) is 23.2 Å². The number of aldehydes is 1. The van der Waals surface area contributed by atoms with E-state index in [4.69, 9.17) is 9.47 Å². The van der Waals surface area contributed by atoms with Gasteiger partial charge in [-0.05, 0) is 19.3 Å². The van der Waals surface area contributed by atoms with E-state index in [0.717, 1.165) is 11.9 Å². The van der Waals surface area contributed by atoms with Gasteiger partial charge in [-0.2, -0.15) is 0 Å². The van der Waals surface area contributed by atoms with Crippen molar-refractivity contribution in [3.8, 4) is 0 Å². The van der Waals surface area contributed by atoms with Crippen LogP contribution in [0.5, 0.6) is 0 Å². The van der Waals surface area contributed by atoms with Gasteiger partial charge in [0.05, 0.1) is 25.0 Å². The maximum absolute atomic E-state index is 15.3. The van der Waals surface area contributed by atoms with Gasteiger partial charge < -0.3 is 14.3 Å². The summed E-state index contributed by atoms with van der Waals surface area (Å²) in [6, 6.07) is -0.457. The van der Waals surface area contributed by atoms with E-state index in [0.29, 0.717) is 25.0 Å². The molecule has 5 nitrogen and oxygen atoms in total. The van der Waals surface area contributed by atoms with E-state index in [-0.39, 0.29) is 42.4 Å². The molecule has 122 valence electrons. The van der Waals surface area contributed by atoms with E-state index in [1.807, 2.05) is 0 Å². The molecular formula is C17H18FNO4. The Hall–Kier alpha value is -1.98. The van der Waals surface area contributed by atoms with Crippen LogP contribution in [0.3, 0.4) is 0 Å². The van der Waals surface area contributed by atoms with E-state index in [1.165, 1.54) is 13.2 Å². The van der Waals surface area contributed by atoms with Crippen LogP contribution in [0.4, 0.5) is 4.39 Å². The van der Waals surface area contributed by atoms with Crippen molar-refractivity contribution < 1.29 is 23.5 Å². The molecule has 0 aromatic heterocycles. The molecular weight excluding hydrogens is 301 g/mol. The lowest BCUT2D eigenvalue weighted by molar-refractivity contribution is -0.119. The second kappa shape index (κ2) is 5.01. The maximum Gasteiger partial charge on any atom is 0.211 e. The molecule has 1 spiro atoms. The van der Waals surface area contributed by atoms with Crippen molar-refractivity contribution in [1.29, 1.82) is 0 Å². The molecule has 6 heteroatoms. The first-order valence-corrected chi connectivity index (χ1v) is 7.95. The number of halogens is 1. The number of hydrogen-bond acceptors (Lipinski definition) is 5. The number of nitrogens with zero attached hydrogens (tertiary/aromatic N) is 1. The van der Waals surface area contributed by atoms with Crippen LogP contribution >= 0.6 is 0 Å². The third-order valence-electron chi connectivity index (χ3n) is 5.47. The van der Waals surface area contributed by atoms with Crippen molar-refractivity contribution >= 4 is 18.0 Å². The molecule has 4 unspecified atom stereocenters. The van der Waals surface area contributed by atoms with Crippen LogP contribution in [0, 0.1) is 11.3 Å². The minimum atomic E-state index is -0.964. The summed E-state index contributed by atoms with van der Waals surface area (Å²) in [6.45, 7) is 0. The van der Waals surface area contributed by atoms with Crippen molar-refractivity contribution in [3.63, 3.8) is 0 Å². The first kappa shape index (κ1) is 14.6. The lowest BCUT2D eigenvalue weighted by Gasteiger charge is -2.41. The minimum Gasteiger partial charge on any atom is -0.493 e. The van der Waals surface area contributed by atoms with Crippen molar-refractivity contribution in [1.82, 2.24) is 0 Å². The molecule has 4 aliphatic rings. The number of hydrogen-bond donors (Lipinski definition) is 0. The number of ether oxygens (including phenoxy) is 2. The molecule has 1 fully saturated rings. The third-order valence-corrected chi connectivity index (χ3v) is 5.47. The highest BCUT2D eigenvalue weighted by Gasteiger charge is 2.60. The molecule has 2 aliphatic carbocycles. The number of carbonyl (C=O) groups is 2. The summed E-state index contributed by atoms with van der Waals surface area (Å²) in [4.78, 5) is 27.8. The SMILES string of the molecule is COC1=NC2CC(=O)CC3=C2C2(CC(C=O)CCC2O3)C(F)=C1. The fourth-order valence-corrected chi connectivity index (χ4v) is 4.52. The van der Waals surface area contributed by atoms with Gasteiger partial charge >= 0.3 is 0 Å². The normalized spacial score (nSPS) is 38.7. The third kappa shape index (κ3) is 1.93. The Morgan fingerprint density at radius 2 is 2.30 bits per heavy atom. The first-order valence-electron chi connectivity index (χ1n) is 7.95. The second-order valence-electron chi connectivity index (χ2n) is 6.69. The smallest absolute Gasteiger partial charge is 0.211 e. The molecule has 4 atom stereocenters. The molecule has 2 heterocycles. The van der Waals surface area contributed by atoms with Gasteiger partial charge in [0.25, 0.3) is 0 Å². The molecule has 0 bridgehead atoms.